The SMILES string of the molecule is C=C(C)C=Nc1cc(C)ccc1C. The summed E-state index contributed by atoms with van der Waals surface area (Å²) < 4.78 is 0. The maximum Gasteiger partial charge on any atom is 0.0661 e. The van der Waals surface area contributed by atoms with Gasteiger partial charge in [-0.25, -0.2) is 0 Å². The molecule has 0 fully saturated rings. The lowest BCUT2D eigenvalue weighted by molar-refractivity contribution is 1.35. The van der Waals surface area contributed by atoms with Crippen LogP contribution in [0.5, 0.6) is 0 Å². The molecule has 1 aromatic rings. The second-order valence-electron chi connectivity index (χ2n) is 3.39. The maximum atomic E-state index is 4.34. The second kappa shape index (κ2) is 4.04. The Balaban J connectivity index is 3.00. The van der Waals surface area contributed by atoms with Gasteiger partial charge in [0.05, 0.1) is 5.69 Å². The quantitative estimate of drug-likeness (QED) is 0.606. The molecule has 0 aliphatic rings. The molecule has 68 valence electrons. The van der Waals surface area contributed by atoms with E-state index in [-0.39, 0.29) is 0 Å². The Labute approximate surface area is 79.8 Å². The van der Waals surface area contributed by atoms with Crippen LogP contribution in [0.25, 0.3) is 0 Å². The number of allylic oxidation sites excluding steroid dienone is 1. The number of rotatable bonds is 2. The normalized spacial score (nSPS) is 10.7. The van der Waals surface area contributed by atoms with Gasteiger partial charge in [-0.2, -0.15) is 0 Å². The van der Waals surface area contributed by atoms with Crippen molar-refractivity contribution in [2.75, 3.05) is 0 Å². The Morgan fingerprint density at radius 1 is 1.38 bits per heavy atom. The van der Waals surface area contributed by atoms with Gasteiger partial charge in [0, 0.05) is 6.21 Å². The molecule has 0 heterocycles. The topological polar surface area (TPSA) is 12.4 Å². The van der Waals surface area contributed by atoms with Crippen LogP contribution in [0.4, 0.5) is 5.69 Å². The first-order valence-electron chi connectivity index (χ1n) is 4.36. The molecule has 1 nitrogen and oxygen atoms in total. The summed E-state index contributed by atoms with van der Waals surface area (Å²) in [6.07, 6.45) is 1.79. The molecule has 0 amide bonds. The zero-order valence-electron chi connectivity index (χ0n) is 8.46. The zero-order valence-corrected chi connectivity index (χ0v) is 8.46. The van der Waals surface area contributed by atoms with Crippen LogP contribution in [0, 0.1) is 13.8 Å². The van der Waals surface area contributed by atoms with Gasteiger partial charge in [-0.05, 0) is 43.5 Å². The van der Waals surface area contributed by atoms with E-state index in [9.17, 15) is 0 Å². The summed E-state index contributed by atoms with van der Waals surface area (Å²) in [6, 6.07) is 6.25. The van der Waals surface area contributed by atoms with Crippen molar-refractivity contribution in [3.63, 3.8) is 0 Å². The van der Waals surface area contributed by atoms with Gasteiger partial charge in [0.2, 0.25) is 0 Å². The van der Waals surface area contributed by atoms with E-state index in [1.54, 1.807) is 6.21 Å². The molecule has 1 rings (SSSR count). The molecule has 0 unspecified atom stereocenters. The summed E-state index contributed by atoms with van der Waals surface area (Å²) in [5.74, 6) is 0. The van der Waals surface area contributed by atoms with E-state index in [1.165, 1.54) is 11.1 Å². The highest BCUT2D eigenvalue weighted by atomic mass is 14.7. The summed E-state index contributed by atoms with van der Waals surface area (Å²) >= 11 is 0. The molecule has 0 spiro atoms. The third kappa shape index (κ3) is 2.86. The van der Waals surface area contributed by atoms with Crippen LogP contribution < -0.4 is 0 Å². The average molecular weight is 173 g/mol. The molecule has 0 bridgehead atoms. The fraction of sp³-hybridized carbons (Fsp3) is 0.250. The van der Waals surface area contributed by atoms with Crippen molar-refractivity contribution in [2.45, 2.75) is 20.8 Å². The minimum atomic E-state index is 0.973. The van der Waals surface area contributed by atoms with Gasteiger partial charge in [0.25, 0.3) is 0 Å². The third-order valence-corrected chi connectivity index (χ3v) is 1.79. The van der Waals surface area contributed by atoms with Crippen molar-refractivity contribution in [3.8, 4) is 0 Å². The van der Waals surface area contributed by atoms with Crippen LogP contribution in [0.1, 0.15) is 18.1 Å². The fourth-order valence-corrected chi connectivity index (χ4v) is 1.04. The molecule has 1 aromatic carbocycles. The number of aryl methyl sites for hydroxylation is 2. The second-order valence-corrected chi connectivity index (χ2v) is 3.39. The molecule has 1 heteroatoms. The molecule has 0 aromatic heterocycles. The predicted molar refractivity (Wildman–Crippen MR) is 58.9 cm³/mol. The van der Waals surface area contributed by atoms with Crippen molar-refractivity contribution in [1.82, 2.24) is 0 Å². The Kier molecular flexibility index (Phi) is 3.02. The van der Waals surface area contributed by atoms with Crippen LogP contribution in [-0.4, -0.2) is 6.21 Å². The lowest BCUT2D eigenvalue weighted by atomic mass is 10.1. The van der Waals surface area contributed by atoms with E-state index in [0.717, 1.165) is 11.3 Å². The molecule has 0 radical (unpaired) electrons. The number of hydrogen-bond donors (Lipinski definition) is 0. The van der Waals surface area contributed by atoms with E-state index < -0.39 is 0 Å². The first kappa shape index (κ1) is 9.72. The first-order valence-corrected chi connectivity index (χ1v) is 4.36. The first-order chi connectivity index (χ1) is 6.09. The monoisotopic (exact) mass is 173 g/mol. The van der Waals surface area contributed by atoms with Crippen molar-refractivity contribution < 1.29 is 0 Å². The van der Waals surface area contributed by atoms with Crippen molar-refractivity contribution >= 4 is 11.9 Å². The van der Waals surface area contributed by atoms with E-state index in [2.05, 4.69) is 43.6 Å². The highest BCUT2D eigenvalue weighted by Crippen LogP contribution is 2.19. The summed E-state index contributed by atoms with van der Waals surface area (Å²) in [6.45, 7) is 9.84. The molecular formula is C12H15N. The largest absolute Gasteiger partial charge is 0.256 e. The van der Waals surface area contributed by atoms with Gasteiger partial charge in [-0.3, -0.25) is 4.99 Å². The van der Waals surface area contributed by atoms with Gasteiger partial charge >= 0.3 is 0 Å². The number of aliphatic imine (C=N–C) groups is 1. The van der Waals surface area contributed by atoms with Gasteiger partial charge in [0.1, 0.15) is 0 Å². The van der Waals surface area contributed by atoms with Crippen LogP contribution >= 0.6 is 0 Å². The van der Waals surface area contributed by atoms with E-state index in [4.69, 9.17) is 0 Å². The van der Waals surface area contributed by atoms with Crippen LogP contribution in [0.3, 0.4) is 0 Å². The minimum Gasteiger partial charge on any atom is -0.256 e. The standard InChI is InChI=1S/C12H15N/c1-9(2)8-13-12-7-10(3)5-6-11(12)4/h5-8H,1H2,2-4H3. The Morgan fingerprint density at radius 2 is 2.08 bits per heavy atom. The molecule has 0 saturated carbocycles. The molecule has 0 saturated heterocycles. The Hall–Kier alpha value is -1.37. The predicted octanol–water partition coefficient (Wildman–Crippen LogP) is 3.58. The fourth-order valence-electron chi connectivity index (χ4n) is 1.04. The molecule has 0 atom stereocenters. The summed E-state index contributed by atoms with van der Waals surface area (Å²) in [5, 5.41) is 0. The van der Waals surface area contributed by atoms with Gasteiger partial charge in [0.15, 0.2) is 0 Å². The minimum absolute atomic E-state index is 0.973. The van der Waals surface area contributed by atoms with E-state index in [1.807, 2.05) is 6.92 Å². The lowest BCUT2D eigenvalue weighted by Crippen LogP contribution is -1.79. The summed E-state index contributed by atoms with van der Waals surface area (Å²) in [4.78, 5) is 4.34. The highest BCUT2D eigenvalue weighted by molar-refractivity contribution is 5.79. The summed E-state index contributed by atoms with van der Waals surface area (Å²) in [5.41, 5.74) is 4.44. The number of hydrogen-bond acceptors (Lipinski definition) is 1. The Morgan fingerprint density at radius 3 is 2.69 bits per heavy atom. The zero-order chi connectivity index (χ0) is 9.84. The molecule has 0 aliphatic heterocycles. The summed E-state index contributed by atoms with van der Waals surface area (Å²) in [7, 11) is 0. The van der Waals surface area contributed by atoms with Crippen LogP contribution in [0.2, 0.25) is 0 Å². The molecular weight excluding hydrogens is 158 g/mol. The van der Waals surface area contributed by atoms with E-state index in [0.29, 0.717) is 0 Å². The van der Waals surface area contributed by atoms with Gasteiger partial charge < -0.3 is 0 Å². The van der Waals surface area contributed by atoms with Crippen molar-refractivity contribution in [2.24, 2.45) is 4.99 Å². The van der Waals surface area contributed by atoms with E-state index >= 15 is 0 Å². The number of nitrogens with zero attached hydrogens (tertiary/aromatic N) is 1. The average Bonchev–Trinajstić information content (AvgIpc) is 2.06. The third-order valence-electron chi connectivity index (χ3n) is 1.79. The molecule has 0 N–H and O–H groups in total. The van der Waals surface area contributed by atoms with Crippen LogP contribution in [-0.2, 0) is 0 Å². The van der Waals surface area contributed by atoms with Crippen molar-refractivity contribution in [3.05, 3.63) is 41.5 Å². The lowest BCUT2D eigenvalue weighted by Gasteiger charge is -2.00. The molecule has 0 aliphatic carbocycles. The Bertz CT molecular complexity index is 348. The van der Waals surface area contributed by atoms with Crippen LogP contribution in [0.15, 0.2) is 35.3 Å². The number of benzene rings is 1. The molecule has 13 heavy (non-hydrogen) atoms. The van der Waals surface area contributed by atoms with Gasteiger partial charge in [-0.1, -0.05) is 18.7 Å². The van der Waals surface area contributed by atoms with Gasteiger partial charge in [-0.15, -0.1) is 0 Å². The smallest absolute Gasteiger partial charge is 0.0661 e. The van der Waals surface area contributed by atoms with Crippen molar-refractivity contribution in [1.29, 1.82) is 0 Å². The maximum absolute atomic E-state index is 4.34. The highest BCUT2D eigenvalue weighted by Gasteiger charge is 1.94.